The Balaban J connectivity index is 0.00000280. The second kappa shape index (κ2) is 12.7. The van der Waals surface area contributed by atoms with Crippen LogP contribution in [0.3, 0.4) is 0 Å². The number of ether oxygens (including phenoxy) is 2. The van der Waals surface area contributed by atoms with Crippen LogP contribution < -0.4 is 10.6 Å². The lowest BCUT2D eigenvalue weighted by atomic mass is 10.2. The average molecular weight is 500 g/mol. The van der Waals surface area contributed by atoms with Gasteiger partial charge in [0.05, 0.1) is 19.3 Å². The molecule has 3 rings (SSSR count). The quantitative estimate of drug-likeness (QED) is 0.238. The standard InChI is InChI=1S/C20H28N4O3.HI/c1-2-21-20(22-10-6-11-26-18-9-12-25-15-18)23-14-17-13-19(27-24-17)16-7-4-3-5-8-16;/h3-5,7-8,13,18H,2,6,9-12,14-15H2,1H3,(H2,21,22,23);1H. The SMILES string of the molecule is CCNC(=NCc1cc(-c2ccccc2)on1)NCCCOC1CCOC1.I. The number of rotatable bonds is 9. The molecule has 1 atom stereocenters. The summed E-state index contributed by atoms with van der Waals surface area (Å²) in [4.78, 5) is 4.58. The van der Waals surface area contributed by atoms with Crippen molar-refractivity contribution in [3.63, 3.8) is 0 Å². The number of halogens is 1. The van der Waals surface area contributed by atoms with Crippen LogP contribution in [0.2, 0.25) is 0 Å². The van der Waals surface area contributed by atoms with Crippen LogP contribution in [-0.4, -0.2) is 50.1 Å². The molecule has 0 aliphatic carbocycles. The van der Waals surface area contributed by atoms with Gasteiger partial charge in [0.25, 0.3) is 0 Å². The summed E-state index contributed by atoms with van der Waals surface area (Å²) in [6.07, 6.45) is 2.18. The zero-order valence-electron chi connectivity index (χ0n) is 16.2. The van der Waals surface area contributed by atoms with Gasteiger partial charge in [-0.3, -0.25) is 0 Å². The van der Waals surface area contributed by atoms with E-state index in [0.717, 1.165) is 68.7 Å². The Morgan fingerprint density at radius 3 is 2.89 bits per heavy atom. The highest BCUT2D eigenvalue weighted by molar-refractivity contribution is 14.0. The first-order chi connectivity index (χ1) is 13.3. The van der Waals surface area contributed by atoms with E-state index < -0.39 is 0 Å². The minimum absolute atomic E-state index is 0. The van der Waals surface area contributed by atoms with E-state index in [4.69, 9.17) is 14.0 Å². The lowest BCUT2D eigenvalue weighted by Gasteiger charge is -2.12. The Morgan fingerprint density at radius 2 is 2.14 bits per heavy atom. The number of aromatic nitrogens is 1. The molecule has 0 bridgehead atoms. The summed E-state index contributed by atoms with van der Waals surface area (Å²) in [6, 6.07) is 11.9. The van der Waals surface area contributed by atoms with Gasteiger partial charge in [0.15, 0.2) is 11.7 Å². The molecule has 1 saturated heterocycles. The molecule has 1 aliphatic heterocycles. The minimum atomic E-state index is 0. The molecule has 0 saturated carbocycles. The van der Waals surface area contributed by atoms with Crippen molar-refractivity contribution < 1.29 is 14.0 Å². The van der Waals surface area contributed by atoms with Crippen molar-refractivity contribution in [2.75, 3.05) is 32.9 Å². The summed E-state index contributed by atoms with van der Waals surface area (Å²) in [5.41, 5.74) is 1.81. The van der Waals surface area contributed by atoms with Crippen LogP contribution in [-0.2, 0) is 16.0 Å². The first-order valence-electron chi connectivity index (χ1n) is 9.57. The van der Waals surface area contributed by atoms with Crippen molar-refractivity contribution in [3.8, 4) is 11.3 Å². The zero-order chi connectivity index (χ0) is 18.7. The monoisotopic (exact) mass is 500 g/mol. The fourth-order valence-electron chi connectivity index (χ4n) is 2.80. The molecule has 1 aromatic heterocycles. The molecular formula is C20H29IN4O3. The lowest BCUT2D eigenvalue weighted by Crippen LogP contribution is -2.38. The van der Waals surface area contributed by atoms with Crippen LogP contribution >= 0.6 is 24.0 Å². The number of nitrogens with one attached hydrogen (secondary N) is 2. The van der Waals surface area contributed by atoms with Gasteiger partial charge in [-0.1, -0.05) is 35.5 Å². The van der Waals surface area contributed by atoms with E-state index in [1.165, 1.54) is 0 Å². The number of hydrogen-bond acceptors (Lipinski definition) is 5. The summed E-state index contributed by atoms with van der Waals surface area (Å²) >= 11 is 0. The molecule has 7 nitrogen and oxygen atoms in total. The predicted octanol–water partition coefficient (Wildman–Crippen LogP) is 3.21. The Kier molecular flexibility index (Phi) is 10.3. The van der Waals surface area contributed by atoms with Gasteiger partial charge in [0.1, 0.15) is 5.69 Å². The minimum Gasteiger partial charge on any atom is -0.379 e. The third kappa shape index (κ3) is 7.40. The molecule has 2 aromatic rings. The molecule has 154 valence electrons. The lowest BCUT2D eigenvalue weighted by molar-refractivity contribution is 0.0420. The third-order valence-electron chi connectivity index (χ3n) is 4.22. The Morgan fingerprint density at radius 1 is 1.29 bits per heavy atom. The summed E-state index contributed by atoms with van der Waals surface area (Å²) in [5.74, 6) is 1.53. The molecule has 8 heteroatoms. The van der Waals surface area contributed by atoms with E-state index in [-0.39, 0.29) is 30.1 Å². The summed E-state index contributed by atoms with van der Waals surface area (Å²) < 4.78 is 16.5. The van der Waals surface area contributed by atoms with E-state index in [9.17, 15) is 0 Å². The van der Waals surface area contributed by atoms with Crippen molar-refractivity contribution in [2.24, 2.45) is 4.99 Å². The molecule has 0 spiro atoms. The number of aliphatic imine (C=N–C) groups is 1. The fraction of sp³-hybridized carbons (Fsp3) is 0.500. The maximum atomic E-state index is 5.77. The van der Waals surface area contributed by atoms with Gasteiger partial charge >= 0.3 is 0 Å². The van der Waals surface area contributed by atoms with E-state index in [2.05, 4.69) is 20.8 Å². The average Bonchev–Trinajstić information content (AvgIpc) is 3.38. The number of benzene rings is 1. The largest absolute Gasteiger partial charge is 0.379 e. The zero-order valence-corrected chi connectivity index (χ0v) is 18.6. The van der Waals surface area contributed by atoms with Gasteiger partial charge in [-0.15, -0.1) is 24.0 Å². The molecule has 28 heavy (non-hydrogen) atoms. The van der Waals surface area contributed by atoms with Crippen LogP contribution in [0.25, 0.3) is 11.3 Å². The van der Waals surface area contributed by atoms with Crippen molar-refractivity contribution in [3.05, 3.63) is 42.1 Å². The van der Waals surface area contributed by atoms with Crippen LogP contribution in [0, 0.1) is 0 Å². The number of nitrogens with zero attached hydrogens (tertiary/aromatic N) is 2. The Bertz CT molecular complexity index is 702. The molecule has 0 radical (unpaired) electrons. The van der Waals surface area contributed by atoms with E-state index in [1.54, 1.807) is 0 Å². The topological polar surface area (TPSA) is 80.9 Å². The second-order valence-electron chi connectivity index (χ2n) is 6.38. The summed E-state index contributed by atoms with van der Waals surface area (Å²) in [5, 5.41) is 10.7. The maximum Gasteiger partial charge on any atom is 0.191 e. The summed E-state index contributed by atoms with van der Waals surface area (Å²) in [7, 11) is 0. The first-order valence-corrected chi connectivity index (χ1v) is 9.57. The van der Waals surface area contributed by atoms with E-state index in [0.29, 0.717) is 6.54 Å². The van der Waals surface area contributed by atoms with E-state index in [1.807, 2.05) is 43.3 Å². The molecule has 1 unspecified atom stereocenters. The van der Waals surface area contributed by atoms with Gasteiger partial charge in [0.2, 0.25) is 0 Å². The van der Waals surface area contributed by atoms with Crippen molar-refractivity contribution in [1.82, 2.24) is 15.8 Å². The van der Waals surface area contributed by atoms with Gasteiger partial charge in [-0.2, -0.15) is 0 Å². The normalized spacial score (nSPS) is 16.6. The fourth-order valence-corrected chi connectivity index (χ4v) is 2.80. The Hall–Kier alpha value is -1.65. The predicted molar refractivity (Wildman–Crippen MR) is 120 cm³/mol. The van der Waals surface area contributed by atoms with Gasteiger partial charge in [0, 0.05) is 37.9 Å². The molecule has 1 aliphatic rings. The Labute approximate surface area is 183 Å². The highest BCUT2D eigenvalue weighted by atomic mass is 127. The third-order valence-corrected chi connectivity index (χ3v) is 4.22. The van der Waals surface area contributed by atoms with Crippen LogP contribution in [0.4, 0.5) is 0 Å². The van der Waals surface area contributed by atoms with Crippen molar-refractivity contribution >= 4 is 29.9 Å². The number of hydrogen-bond donors (Lipinski definition) is 2. The first kappa shape index (κ1) is 22.6. The highest BCUT2D eigenvalue weighted by Crippen LogP contribution is 2.19. The summed E-state index contributed by atoms with van der Waals surface area (Å²) in [6.45, 7) is 6.37. The van der Waals surface area contributed by atoms with Crippen molar-refractivity contribution in [1.29, 1.82) is 0 Å². The maximum absolute atomic E-state index is 5.77. The van der Waals surface area contributed by atoms with E-state index >= 15 is 0 Å². The van der Waals surface area contributed by atoms with Crippen molar-refractivity contribution in [2.45, 2.75) is 32.4 Å². The molecule has 0 amide bonds. The molecule has 2 N–H and O–H groups in total. The van der Waals surface area contributed by atoms with Crippen LogP contribution in [0.5, 0.6) is 0 Å². The molecule has 2 heterocycles. The van der Waals surface area contributed by atoms with Gasteiger partial charge in [-0.25, -0.2) is 4.99 Å². The van der Waals surface area contributed by atoms with Gasteiger partial charge in [-0.05, 0) is 19.8 Å². The molecule has 1 fully saturated rings. The number of guanidine groups is 1. The van der Waals surface area contributed by atoms with Crippen LogP contribution in [0.1, 0.15) is 25.5 Å². The molecular weight excluding hydrogens is 471 g/mol. The molecule has 1 aromatic carbocycles. The van der Waals surface area contributed by atoms with Crippen LogP contribution in [0.15, 0.2) is 45.9 Å². The van der Waals surface area contributed by atoms with Gasteiger partial charge < -0.3 is 24.6 Å². The highest BCUT2D eigenvalue weighted by Gasteiger charge is 2.15. The second-order valence-corrected chi connectivity index (χ2v) is 6.38. The smallest absolute Gasteiger partial charge is 0.191 e.